The summed E-state index contributed by atoms with van der Waals surface area (Å²) in [5.41, 5.74) is 4.29. The standard InChI is InChI=1S/C24H22ClN7OS/c1-15-12-16(2)31(29-15)11-10-21-28-23-19-8-3-4-9-20(19)27-24(32(23)30-21)34-14-22(33)26-18-7-5-6-17(25)13-18/h3-9,12-13H,10-11,14H2,1-2H3,(H,26,33). The van der Waals surface area contributed by atoms with E-state index in [1.54, 1.807) is 28.8 Å². The molecule has 0 aliphatic rings. The average molecular weight is 492 g/mol. The summed E-state index contributed by atoms with van der Waals surface area (Å²) in [6.45, 7) is 4.71. The van der Waals surface area contributed by atoms with Gasteiger partial charge in [-0.05, 0) is 50.2 Å². The van der Waals surface area contributed by atoms with Crippen molar-refractivity contribution in [3.63, 3.8) is 0 Å². The molecule has 5 rings (SSSR count). The number of anilines is 1. The van der Waals surface area contributed by atoms with Crippen LogP contribution in [0.4, 0.5) is 5.69 Å². The van der Waals surface area contributed by atoms with Gasteiger partial charge in [0.15, 0.2) is 16.6 Å². The normalized spacial score (nSPS) is 11.4. The highest BCUT2D eigenvalue weighted by atomic mass is 35.5. The van der Waals surface area contributed by atoms with Crippen molar-refractivity contribution >= 4 is 51.5 Å². The van der Waals surface area contributed by atoms with E-state index in [1.165, 1.54) is 11.8 Å². The van der Waals surface area contributed by atoms with Gasteiger partial charge >= 0.3 is 0 Å². The van der Waals surface area contributed by atoms with Gasteiger partial charge in [-0.15, -0.1) is 5.10 Å². The number of nitrogens with zero attached hydrogens (tertiary/aromatic N) is 6. The Morgan fingerprint density at radius 3 is 2.71 bits per heavy atom. The Bertz CT molecular complexity index is 1510. The maximum atomic E-state index is 12.5. The lowest BCUT2D eigenvalue weighted by Crippen LogP contribution is -2.14. The zero-order chi connectivity index (χ0) is 23.7. The number of carbonyl (C=O) groups excluding carboxylic acids is 1. The zero-order valence-corrected chi connectivity index (χ0v) is 20.3. The molecule has 3 heterocycles. The second-order valence-electron chi connectivity index (χ2n) is 7.92. The fourth-order valence-electron chi connectivity index (χ4n) is 3.77. The molecule has 0 radical (unpaired) electrons. The number of halogens is 1. The zero-order valence-electron chi connectivity index (χ0n) is 18.7. The van der Waals surface area contributed by atoms with Crippen LogP contribution in [0.1, 0.15) is 17.2 Å². The topological polar surface area (TPSA) is 90.0 Å². The molecule has 10 heteroatoms. The first-order chi connectivity index (χ1) is 16.5. The van der Waals surface area contributed by atoms with Crippen molar-refractivity contribution in [2.24, 2.45) is 0 Å². The maximum Gasteiger partial charge on any atom is 0.234 e. The number of nitrogens with one attached hydrogen (secondary N) is 1. The molecule has 8 nitrogen and oxygen atoms in total. The van der Waals surface area contributed by atoms with Gasteiger partial charge in [-0.3, -0.25) is 9.48 Å². The molecule has 0 spiro atoms. The molecule has 0 bridgehead atoms. The third kappa shape index (κ3) is 4.76. The summed E-state index contributed by atoms with van der Waals surface area (Å²) in [7, 11) is 0. The molecular weight excluding hydrogens is 470 g/mol. The molecule has 3 aromatic heterocycles. The van der Waals surface area contributed by atoms with Crippen molar-refractivity contribution in [3.05, 3.63) is 76.8 Å². The molecule has 0 unspecified atom stereocenters. The van der Waals surface area contributed by atoms with Crippen molar-refractivity contribution < 1.29 is 4.79 Å². The second kappa shape index (κ2) is 9.44. The summed E-state index contributed by atoms with van der Waals surface area (Å²) in [6.07, 6.45) is 0.636. The summed E-state index contributed by atoms with van der Waals surface area (Å²) in [5.74, 6) is 0.727. The number of aromatic nitrogens is 6. The number of rotatable bonds is 7. The molecule has 5 aromatic rings. The van der Waals surface area contributed by atoms with E-state index in [-0.39, 0.29) is 11.7 Å². The lowest BCUT2D eigenvalue weighted by atomic mass is 10.2. The van der Waals surface area contributed by atoms with Gasteiger partial charge in [0.25, 0.3) is 0 Å². The van der Waals surface area contributed by atoms with E-state index in [1.807, 2.05) is 42.8 Å². The number of hydrogen-bond acceptors (Lipinski definition) is 6. The fraction of sp³-hybridized carbons (Fsp3) is 0.208. The van der Waals surface area contributed by atoms with Crippen LogP contribution in [-0.4, -0.2) is 41.0 Å². The van der Waals surface area contributed by atoms with Gasteiger partial charge in [-0.1, -0.05) is 41.6 Å². The second-order valence-corrected chi connectivity index (χ2v) is 9.30. The first-order valence-corrected chi connectivity index (χ1v) is 12.2. The third-order valence-electron chi connectivity index (χ3n) is 5.28. The first kappa shape index (κ1) is 22.4. The monoisotopic (exact) mass is 491 g/mol. The summed E-state index contributed by atoms with van der Waals surface area (Å²) < 4.78 is 3.70. The van der Waals surface area contributed by atoms with E-state index in [9.17, 15) is 4.79 Å². The van der Waals surface area contributed by atoms with Crippen LogP contribution in [0.25, 0.3) is 16.6 Å². The van der Waals surface area contributed by atoms with Crippen molar-refractivity contribution in [2.45, 2.75) is 32.0 Å². The molecule has 0 saturated heterocycles. The Hall–Kier alpha value is -3.43. The van der Waals surface area contributed by atoms with Gasteiger partial charge in [-0.2, -0.15) is 9.61 Å². The van der Waals surface area contributed by atoms with Crippen LogP contribution in [0.3, 0.4) is 0 Å². The van der Waals surface area contributed by atoms with Gasteiger partial charge in [0, 0.05) is 34.8 Å². The maximum absolute atomic E-state index is 12.5. The largest absolute Gasteiger partial charge is 0.325 e. The summed E-state index contributed by atoms with van der Waals surface area (Å²) in [4.78, 5) is 22.1. The van der Waals surface area contributed by atoms with Gasteiger partial charge in [-0.25, -0.2) is 9.97 Å². The first-order valence-electron chi connectivity index (χ1n) is 10.8. The fourth-order valence-corrected chi connectivity index (χ4v) is 4.71. The number of amides is 1. The van der Waals surface area contributed by atoms with Gasteiger partial charge in [0.05, 0.1) is 17.0 Å². The highest BCUT2D eigenvalue weighted by Gasteiger charge is 2.15. The van der Waals surface area contributed by atoms with E-state index >= 15 is 0 Å². The van der Waals surface area contributed by atoms with Crippen LogP contribution in [0.5, 0.6) is 0 Å². The van der Waals surface area contributed by atoms with Crippen molar-refractivity contribution in [3.8, 4) is 0 Å². The number of aryl methyl sites for hydroxylation is 4. The van der Waals surface area contributed by atoms with Crippen molar-refractivity contribution in [1.29, 1.82) is 0 Å². The highest BCUT2D eigenvalue weighted by Crippen LogP contribution is 2.24. The highest BCUT2D eigenvalue weighted by molar-refractivity contribution is 7.99. The van der Waals surface area contributed by atoms with Crippen LogP contribution < -0.4 is 5.32 Å². The van der Waals surface area contributed by atoms with Gasteiger partial charge < -0.3 is 5.32 Å². The van der Waals surface area contributed by atoms with E-state index in [0.29, 0.717) is 34.7 Å². The molecule has 1 N–H and O–H groups in total. The quantitative estimate of drug-likeness (QED) is 0.262. The lowest BCUT2D eigenvalue weighted by molar-refractivity contribution is -0.113. The molecule has 0 fully saturated rings. The van der Waals surface area contributed by atoms with Crippen LogP contribution >= 0.6 is 23.4 Å². The van der Waals surface area contributed by atoms with Crippen LogP contribution in [0, 0.1) is 13.8 Å². The molecule has 0 saturated carbocycles. The van der Waals surface area contributed by atoms with Crippen LogP contribution in [-0.2, 0) is 17.8 Å². The molecule has 0 aliphatic heterocycles. The Labute approximate surface area is 205 Å². The molecule has 1 amide bonds. The minimum Gasteiger partial charge on any atom is -0.325 e. The molecule has 34 heavy (non-hydrogen) atoms. The van der Waals surface area contributed by atoms with Gasteiger partial charge in [0.2, 0.25) is 5.91 Å². The number of benzene rings is 2. The smallest absolute Gasteiger partial charge is 0.234 e. The van der Waals surface area contributed by atoms with E-state index in [2.05, 4.69) is 16.5 Å². The Kier molecular flexibility index (Phi) is 6.21. The summed E-state index contributed by atoms with van der Waals surface area (Å²) in [6, 6.07) is 16.9. The predicted molar refractivity (Wildman–Crippen MR) is 134 cm³/mol. The van der Waals surface area contributed by atoms with Crippen LogP contribution in [0.15, 0.2) is 59.8 Å². The number of hydrogen-bond donors (Lipinski definition) is 1. The Balaban J connectivity index is 1.39. The van der Waals surface area contributed by atoms with E-state index < -0.39 is 0 Å². The molecule has 2 aromatic carbocycles. The number of para-hydroxylation sites is 1. The summed E-state index contributed by atoms with van der Waals surface area (Å²) in [5, 5.41) is 14.2. The number of carbonyl (C=O) groups is 1. The summed E-state index contributed by atoms with van der Waals surface area (Å²) >= 11 is 7.33. The minimum absolute atomic E-state index is 0.153. The third-order valence-corrected chi connectivity index (χ3v) is 6.45. The van der Waals surface area contributed by atoms with Crippen molar-refractivity contribution in [2.75, 3.05) is 11.1 Å². The molecule has 172 valence electrons. The lowest BCUT2D eigenvalue weighted by Gasteiger charge is -2.07. The van der Waals surface area contributed by atoms with E-state index in [0.717, 1.165) is 27.9 Å². The number of fused-ring (bicyclic) bond motifs is 3. The van der Waals surface area contributed by atoms with E-state index in [4.69, 9.17) is 26.7 Å². The Morgan fingerprint density at radius 1 is 1.06 bits per heavy atom. The number of thioether (sulfide) groups is 1. The molecule has 0 aliphatic carbocycles. The van der Waals surface area contributed by atoms with Crippen molar-refractivity contribution in [1.82, 2.24) is 29.4 Å². The van der Waals surface area contributed by atoms with Gasteiger partial charge in [0.1, 0.15) is 0 Å². The van der Waals surface area contributed by atoms with Crippen LogP contribution in [0.2, 0.25) is 5.02 Å². The predicted octanol–water partition coefficient (Wildman–Crippen LogP) is 4.72. The molecule has 0 atom stereocenters. The SMILES string of the molecule is Cc1cc(C)n(CCc2nc3c4ccccc4nc(SCC(=O)Nc4cccc(Cl)c4)n3n2)n1. The minimum atomic E-state index is -0.153. The average Bonchev–Trinajstić information content (AvgIpc) is 3.38. The Morgan fingerprint density at radius 2 is 1.91 bits per heavy atom. The molecular formula is C24H22ClN7OS.